The van der Waals surface area contributed by atoms with Gasteiger partial charge < -0.3 is 24.8 Å². The predicted molar refractivity (Wildman–Crippen MR) is 114 cm³/mol. The zero-order chi connectivity index (χ0) is 18.2. The van der Waals surface area contributed by atoms with E-state index in [-0.39, 0.29) is 51.0 Å². The van der Waals surface area contributed by atoms with Crippen LogP contribution in [0.1, 0.15) is 25.0 Å². The molecule has 3 heteroatoms. The summed E-state index contributed by atoms with van der Waals surface area (Å²) in [5, 5.41) is 0. The Labute approximate surface area is 207 Å². The van der Waals surface area contributed by atoms with Crippen molar-refractivity contribution in [3.63, 3.8) is 0 Å². The fourth-order valence-electron chi connectivity index (χ4n) is 3.33. The van der Waals surface area contributed by atoms with Gasteiger partial charge in [-0.25, -0.2) is 0 Å². The van der Waals surface area contributed by atoms with Crippen molar-refractivity contribution in [1.82, 2.24) is 0 Å². The van der Waals surface area contributed by atoms with Crippen LogP contribution < -0.4 is 24.8 Å². The summed E-state index contributed by atoms with van der Waals surface area (Å²) in [4.78, 5) is 0. The Morgan fingerprint density at radius 3 is 1.14 bits per heavy atom. The molecule has 0 aliphatic carbocycles. The molecule has 0 heterocycles. The van der Waals surface area contributed by atoms with E-state index in [1.807, 2.05) is 0 Å². The van der Waals surface area contributed by atoms with Gasteiger partial charge in [-0.2, -0.15) is 24.3 Å². The Morgan fingerprint density at radius 2 is 0.828 bits per heavy atom. The first-order valence-electron chi connectivity index (χ1n) is 9.43. The first kappa shape index (κ1) is 27.6. The van der Waals surface area contributed by atoms with Crippen molar-refractivity contribution < 1.29 is 51.0 Å². The Kier molecular flexibility index (Phi) is 13.9. The van der Waals surface area contributed by atoms with E-state index >= 15 is 0 Å². The fourth-order valence-corrected chi connectivity index (χ4v) is 3.33. The Morgan fingerprint density at radius 1 is 0.517 bits per heavy atom. The van der Waals surface area contributed by atoms with Gasteiger partial charge in [-0.05, 0) is 0 Å². The van der Waals surface area contributed by atoms with E-state index in [2.05, 4.69) is 111 Å². The van der Waals surface area contributed by atoms with Gasteiger partial charge in [0.15, 0.2) is 0 Å². The standard InChI is InChI=1S/2C13H13.2ClH.Zr/c2*1-2-11-7-5-6-10-13(11)12-8-3-4-9-12;;;/h2*3-10H,2H2,1H3;2*1H;/q2*-1;;;+4/p-2. The number of hydrogen-bond donors (Lipinski definition) is 0. The molecule has 0 aliphatic heterocycles. The largest absolute Gasteiger partial charge is 4.00 e. The van der Waals surface area contributed by atoms with E-state index in [1.54, 1.807) is 0 Å². The molecule has 0 bridgehead atoms. The van der Waals surface area contributed by atoms with Crippen molar-refractivity contribution in [1.29, 1.82) is 0 Å². The van der Waals surface area contributed by atoms with Gasteiger partial charge in [0, 0.05) is 0 Å². The van der Waals surface area contributed by atoms with Crippen LogP contribution in [0.25, 0.3) is 22.3 Å². The summed E-state index contributed by atoms with van der Waals surface area (Å²) in [5.41, 5.74) is 8.25. The van der Waals surface area contributed by atoms with Gasteiger partial charge in [0.1, 0.15) is 0 Å². The first-order valence-corrected chi connectivity index (χ1v) is 9.43. The van der Waals surface area contributed by atoms with Gasteiger partial charge in [0.25, 0.3) is 0 Å². The Bertz CT molecular complexity index is 832. The minimum atomic E-state index is 0. The number of aryl methyl sites for hydroxylation is 2. The molecule has 0 radical (unpaired) electrons. The average molecular weight is 501 g/mol. The molecule has 0 aliphatic rings. The maximum Gasteiger partial charge on any atom is 4.00 e. The third kappa shape index (κ3) is 7.41. The number of hydrogen-bond acceptors (Lipinski definition) is 0. The molecule has 4 rings (SSSR count). The molecule has 4 aromatic carbocycles. The maximum absolute atomic E-state index is 2.20. The molecule has 148 valence electrons. The van der Waals surface area contributed by atoms with E-state index < -0.39 is 0 Å². The van der Waals surface area contributed by atoms with Crippen molar-refractivity contribution in [3.8, 4) is 22.3 Å². The Hall–Kier alpha value is -1.40. The summed E-state index contributed by atoms with van der Waals surface area (Å²) < 4.78 is 0. The van der Waals surface area contributed by atoms with E-state index in [0.29, 0.717) is 0 Å². The van der Waals surface area contributed by atoms with Crippen LogP contribution in [0.2, 0.25) is 0 Å². The van der Waals surface area contributed by atoms with E-state index in [1.165, 1.54) is 33.4 Å². The summed E-state index contributed by atoms with van der Waals surface area (Å²) in [6.45, 7) is 4.39. The minimum Gasteiger partial charge on any atom is -1.00 e. The van der Waals surface area contributed by atoms with E-state index in [9.17, 15) is 0 Å². The SMILES string of the molecule is CCc1ccccc1-[c-]1cccc1.CCc1ccccc1-[c-]1cccc1.[Cl-].[Cl-].[Zr+4]. The van der Waals surface area contributed by atoms with Crippen LogP contribution in [0.3, 0.4) is 0 Å². The van der Waals surface area contributed by atoms with Gasteiger partial charge in [-0.3, -0.25) is 0 Å². The van der Waals surface area contributed by atoms with Crippen LogP contribution in [0.4, 0.5) is 0 Å². The number of benzene rings is 2. The molecular formula is C26H26Cl2Zr. The smallest absolute Gasteiger partial charge is 1.00 e. The van der Waals surface area contributed by atoms with Crippen LogP contribution in [0, 0.1) is 0 Å². The first-order chi connectivity index (χ1) is 12.8. The molecular weight excluding hydrogens is 474 g/mol. The summed E-state index contributed by atoms with van der Waals surface area (Å²) in [7, 11) is 0. The molecule has 0 spiro atoms. The second kappa shape index (κ2) is 14.6. The second-order valence-corrected chi connectivity index (χ2v) is 6.37. The van der Waals surface area contributed by atoms with Gasteiger partial charge in [0.2, 0.25) is 0 Å². The molecule has 4 aromatic rings. The van der Waals surface area contributed by atoms with Crippen molar-refractivity contribution in [2.24, 2.45) is 0 Å². The molecule has 0 N–H and O–H groups in total. The maximum atomic E-state index is 2.20. The average Bonchev–Trinajstić information content (AvgIpc) is 3.42. The topological polar surface area (TPSA) is 0 Å². The molecule has 0 atom stereocenters. The molecule has 29 heavy (non-hydrogen) atoms. The summed E-state index contributed by atoms with van der Waals surface area (Å²) in [5.74, 6) is 0. The zero-order valence-corrected chi connectivity index (χ0v) is 20.9. The zero-order valence-electron chi connectivity index (χ0n) is 16.9. The van der Waals surface area contributed by atoms with Crippen LogP contribution in [0.15, 0.2) is 97.1 Å². The quantitative estimate of drug-likeness (QED) is 0.371. The fraction of sp³-hybridized carbons (Fsp3) is 0.154. The monoisotopic (exact) mass is 498 g/mol. The number of halogens is 2. The van der Waals surface area contributed by atoms with Gasteiger partial charge >= 0.3 is 26.2 Å². The molecule has 0 nitrogen and oxygen atoms in total. The molecule has 0 fully saturated rings. The molecule has 0 aromatic heterocycles. The molecule has 0 saturated heterocycles. The molecule has 0 saturated carbocycles. The van der Waals surface area contributed by atoms with Crippen LogP contribution in [-0.2, 0) is 39.0 Å². The van der Waals surface area contributed by atoms with Crippen LogP contribution in [0.5, 0.6) is 0 Å². The Balaban J connectivity index is 0.000000490. The van der Waals surface area contributed by atoms with E-state index in [0.717, 1.165) is 12.8 Å². The van der Waals surface area contributed by atoms with Crippen LogP contribution >= 0.6 is 0 Å². The van der Waals surface area contributed by atoms with Crippen molar-refractivity contribution in [2.75, 3.05) is 0 Å². The summed E-state index contributed by atoms with van der Waals surface area (Å²) >= 11 is 0. The molecule has 0 amide bonds. The normalized spacial score (nSPS) is 9.17. The van der Waals surface area contributed by atoms with E-state index in [4.69, 9.17) is 0 Å². The van der Waals surface area contributed by atoms with Gasteiger partial charge in [-0.15, -0.1) is 58.7 Å². The predicted octanol–water partition coefficient (Wildman–Crippen LogP) is 1.28. The van der Waals surface area contributed by atoms with Crippen molar-refractivity contribution in [2.45, 2.75) is 26.7 Å². The minimum absolute atomic E-state index is 0. The third-order valence-electron chi connectivity index (χ3n) is 4.74. The van der Waals surface area contributed by atoms with Crippen molar-refractivity contribution in [3.05, 3.63) is 108 Å². The van der Waals surface area contributed by atoms with Gasteiger partial charge in [0.05, 0.1) is 0 Å². The summed E-state index contributed by atoms with van der Waals surface area (Å²) in [6, 6.07) is 34.2. The van der Waals surface area contributed by atoms with Gasteiger partial charge in [-0.1, -0.05) is 74.2 Å². The molecule has 0 unspecified atom stereocenters. The summed E-state index contributed by atoms with van der Waals surface area (Å²) in [6.07, 6.45) is 2.20. The number of rotatable bonds is 4. The van der Waals surface area contributed by atoms with Crippen LogP contribution in [-0.4, -0.2) is 0 Å². The second-order valence-electron chi connectivity index (χ2n) is 6.37. The van der Waals surface area contributed by atoms with Crippen molar-refractivity contribution >= 4 is 0 Å². The third-order valence-corrected chi connectivity index (χ3v) is 4.74.